The van der Waals surface area contributed by atoms with Gasteiger partial charge in [0.05, 0.1) is 0 Å². The van der Waals surface area contributed by atoms with Crippen LogP contribution in [0, 0.1) is 0 Å². The van der Waals surface area contributed by atoms with Crippen molar-refractivity contribution < 1.29 is 14.3 Å². The Morgan fingerprint density at radius 1 is 1.41 bits per heavy atom. The van der Waals surface area contributed by atoms with Crippen molar-refractivity contribution in [2.45, 2.75) is 30.5 Å². The van der Waals surface area contributed by atoms with E-state index in [-0.39, 0.29) is 24.3 Å². The molecule has 4 atom stereocenters. The smallest absolute Gasteiger partial charge is 0.261 e. The van der Waals surface area contributed by atoms with Crippen molar-refractivity contribution in [1.29, 1.82) is 0 Å². The van der Waals surface area contributed by atoms with Gasteiger partial charge < -0.3 is 20.5 Å². The Hall–Kier alpha value is -1.43. The van der Waals surface area contributed by atoms with E-state index >= 15 is 0 Å². The number of rotatable bonds is 0. The lowest BCUT2D eigenvalue weighted by Crippen LogP contribution is -2.49. The second kappa shape index (κ2) is 2.87. The number of carbonyl (C=O) groups excluding carboxylic acids is 1. The van der Waals surface area contributed by atoms with Crippen LogP contribution in [0.2, 0.25) is 0 Å². The third kappa shape index (κ3) is 1.11. The molecule has 0 radical (unpaired) electrons. The number of hydrogen-bond donors (Lipinski definition) is 2. The van der Waals surface area contributed by atoms with Gasteiger partial charge in [-0.1, -0.05) is 18.2 Å². The molecule has 0 bridgehead atoms. The van der Waals surface area contributed by atoms with Gasteiger partial charge >= 0.3 is 0 Å². The molecule has 0 saturated carbocycles. The third-order valence-corrected chi connectivity index (χ3v) is 3.72. The van der Waals surface area contributed by atoms with Crippen LogP contribution in [0.1, 0.15) is 12.0 Å². The van der Waals surface area contributed by atoms with E-state index in [2.05, 4.69) is 5.32 Å². The maximum absolute atomic E-state index is 12.2. The topological polar surface area (TPSA) is 76.9 Å². The lowest BCUT2D eigenvalue weighted by atomic mass is 9.85. The molecule has 88 valence electrons. The number of anilines is 1. The fraction of sp³-hybridized carbons (Fsp3) is 0.417. The SMILES string of the molecule is NC1CC2(OC3OC13)C(=O)Nc1ccccc12. The highest BCUT2D eigenvalue weighted by atomic mass is 16.8. The van der Waals surface area contributed by atoms with Crippen LogP contribution in [0.15, 0.2) is 24.3 Å². The molecule has 3 heterocycles. The minimum absolute atomic E-state index is 0.0406. The van der Waals surface area contributed by atoms with Crippen LogP contribution in [0.3, 0.4) is 0 Å². The number of ether oxygens (including phenoxy) is 2. The van der Waals surface area contributed by atoms with Gasteiger partial charge in [-0.15, -0.1) is 0 Å². The summed E-state index contributed by atoms with van der Waals surface area (Å²) in [5.74, 6) is -0.136. The van der Waals surface area contributed by atoms with Gasteiger partial charge in [-0.3, -0.25) is 4.79 Å². The largest absolute Gasteiger partial charge is 0.340 e. The molecule has 2 saturated heterocycles. The molecule has 1 aromatic carbocycles. The highest BCUT2D eigenvalue weighted by molar-refractivity contribution is 6.05. The van der Waals surface area contributed by atoms with E-state index in [0.29, 0.717) is 6.42 Å². The summed E-state index contributed by atoms with van der Waals surface area (Å²) in [5.41, 5.74) is 6.74. The zero-order valence-corrected chi connectivity index (χ0v) is 9.05. The molecule has 17 heavy (non-hydrogen) atoms. The standard InChI is InChI=1S/C12H12N2O3/c13-7-5-12(17-10-9(7)16-10)6-3-1-2-4-8(6)14-11(12)15/h1-4,7,9-10H,5,13H2,(H,14,15). The molecule has 5 heteroatoms. The number of amides is 1. The molecule has 2 fully saturated rings. The number of benzene rings is 1. The van der Waals surface area contributed by atoms with Crippen LogP contribution in [-0.2, 0) is 19.9 Å². The highest BCUT2D eigenvalue weighted by Crippen LogP contribution is 2.50. The first-order valence-electron chi connectivity index (χ1n) is 5.70. The van der Waals surface area contributed by atoms with Crippen LogP contribution in [-0.4, -0.2) is 24.3 Å². The molecular formula is C12H12N2O3. The van der Waals surface area contributed by atoms with Crippen LogP contribution in [0.4, 0.5) is 5.69 Å². The van der Waals surface area contributed by atoms with E-state index in [1.807, 2.05) is 24.3 Å². The normalized spacial score (nSPS) is 41.9. The lowest BCUT2D eigenvalue weighted by molar-refractivity contribution is -0.154. The first kappa shape index (κ1) is 9.58. The van der Waals surface area contributed by atoms with Crippen LogP contribution in [0.25, 0.3) is 0 Å². The lowest BCUT2D eigenvalue weighted by Gasteiger charge is -2.32. The van der Waals surface area contributed by atoms with Gasteiger partial charge in [-0.2, -0.15) is 0 Å². The van der Waals surface area contributed by atoms with E-state index in [1.54, 1.807) is 0 Å². The molecule has 1 aromatic rings. The molecule has 0 aromatic heterocycles. The average molecular weight is 232 g/mol. The summed E-state index contributed by atoms with van der Waals surface area (Å²) in [5, 5.41) is 2.84. The van der Waals surface area contributed by atoms with Gasteiger partial charge in [-0.05, 0) is 6.07 Å². The van der Waals surface area contributed by atoms with Crippen LogP contribution >= 0.6 is 0 Å². The Bertz CT molecular complexity index is 518. The van der Waals surface area contributed by atoms with Crippen molar-refractivity contribution in [2.75, 3.05) is 5.32 Å². The second-order valence-corrected chi connectivity index (χ2v) is 4.78. The number of nitrogens with one attached hydrogen (secondary N) is 1. The maximum atomic E-state index is 12.2. The number of epoxide rings is 1. The zero-order chi connectivity index (χ0) is 11.6. The number of nitrogens with two attached hydrogens (primary N) is 1. The van der Waals surface area contributed by atoms with Crippen molar-refractivity contribution in [3.05, 3.63) is 29.8 Å². The molecule has 5 nitrogen and oxygen atoms in total. The Balaban J connectivity index is 1.84. The Morgan fingerprint density at radius 2 is 2.24 bits per heavy atom. The Labute approximate surface area is 97.9 Å². The molecule has 3 N–H and O–H groups in total. The summed E-state index contributed by atoms with van der Waals surface area (Å²) in [6.07, 6.45) is 0.105. The molecular weight excluding hydrogens is 220 g/mol. The van der Waals surface area contributed by atoms with Gasteiger partial charge in [0.25, 0.3) is 5.91 Å². The van der Waals surface area contributed by atoms with E-state index in [0.717, 1.165) is 11.3 Å². The van der Waals surface area contributed by atoms with E-state index in [1.165, 1.54) is 0 Å². The first-order chi connectivity index (χ1) is 8.21. The summed E-state index contributed by atoms with van der Waals surface area (Å²) in [6, 6.07) is 7.41. The van der Waals surface area contributed by atoms with E-state index < -0.39 is 5.60 Å². The average Bonchev–Trinajstić information content (AvgIpc) is 3.04. The third-order valence-electron chi connectivity index (χ3n) is 3.72. The van der Waals surface area contributed by atoms with Crippen molar-refractivity contribution in [2.24, 2.45) is 5.73 Å². The Morgan fingerprint density at radius 3 is 3.06 bits per heavy atom. The predicted molar refractivity (Wildman–Crippen MR) is 59.1 cm³/mol. The fourth-order valence-corrected chi connectivity index (χ4v) is 2.81. The van der Waals surface area contributed by atoms with Crippen molar-refractivity contribution in [1.82, 2.24) is 0 Å². The van der Waals surface area contributed by atoms with E-state index in [9.17, 15) is 4.79 Å². The molecule has 0 aliphatic carbocycles. The molecule has 3 aliphatic rings. The van der Waals surface area contributed by atoms with Crippen molar-refractivity contribution >= 4 is 11.6 Å². The van der Waals surface area contributed by atoms with Crippen LogP contribution in [0.5, 0.6) is 0 Å². The quantitative estimate of drug-likeness (QED) is 0.631. The van der Waals surface area contributed by atoms with Gasteiger partial charge in [0.2, 0.25) is 0 Å². The van der Waals surface area contributed by atoms with Crippen molar-refractivity contribution in [3.63, 3.8) is 0 Å². The molecule has 1 spiro atoms. The summed E-state index contributed by atoms with van der Waals surface area (Å²) >= 11 is 0. The maximum Gasteiger partial charge on any atom is 0.261 e. The highest BCUT2D eigenvalue weighted by Gasteiger charge is 2.62. The number of hydrogen-bond acceptors (Lipinski definition) is 4. The molecule has 4 rings (SSSR count). The van der Waals surface area contributed by atoms with Gasteiger partial charge in [0, 0.05) is 23.7 Å². The predicted octanol–water partition coefficient (Wildman–Crippen LogP) is 0.306. The summed E-state index contributed by atoms with van der Waals surface area (Å²) in [4.78, 5) is 12.2. The fourth-order valence-electron chi connectivity index (χ4n) is 2.81. The molecule has 3 aliphatic heterocycles. The first-order valence-corrected chi connectivity index (χ1v) is 5.70. The van der Waals surface area contributed by atoms with Crippen LogP contribution < -0.4 is 11.1 Å². The minimum atomic E-state index is -0.951. The number of carbonyl (C=O) groups is 1. The van der Waals surface area contributed by atoms with Gasteiger partial charge in [0.15, 0.2) is 11.9 Å². The van der Waals surface area contributed by atoms with E-state index in [4.69, 9.17) is 15.2 Å². The summed E-state index contributed by atoms with van der Waals surface area (Å²) in [7, 11) is 0. The monoisotopic (exact) mass is 232 g/mol. The minimum Gasteiger partial charge on any atom is -0.340 e. The van der Waals surface area contributed by atoms with Crippen molar-refractivity contribution in [3.8, 4) is 0 Å². The number of para-hydroxylation sites is 1. The zero-order valence-electron chi connectivity index (χ0n) is 9.05. The molecule has 1 amide bonds. The number of fused-ring (bicyclic) bond motifs is 3. The second-order valence-electron chi connectivity index (χ2n) is 4.78. The summed E-state index contributed by atoms with van der Waals surface area (Å²) in [6.45, 7) is 0. The molecule has 4 unspecified atom stereocenters. The Kier molecular flexibility index (Phi) is 1.62. The summed E-state index contributed by atoms with van der Waals surface area (Å²) < 4.78 is 11.1. The van der Waals surface area contributed by atoms with Gasteiger partial charge in [-0.25, -0.2) is 0 Å². The van der Waals surface area contributed by atoms with Gasteiger partial charge in [0.1, 0.15) is 6.10 Å².